The first-order valence-electron chi connectivity index (χ1n) is 9.19. The van der Waals surface area contributed by atoms with Gasteiger partial charge in [-0.3, -0.25) is 4.79 Å². The Morgan fingerprint density at radius 3 is 2.36 bits per heavy atom. The first-order valence-corrected chi connectivity index (χ1v) is 10.6. The van der Waals surface area contributed by atoms with Crippen molar-refractivity contribution in [3.63, 3.8) is 0 Å². The van der Waals surface area contributed by atoms with Crippen LogP contribution in [0.4, 0.5) is 0 Å². The average Bonchev–Trinajstić information content (AvgIpc) is 2.98. The van der Waals surface area contributed by atoms with E-state index < -0.39 is 10.2 Å². The molecule has 0 unspecified atom stereocenters. The summed E-state index contributed by atoms with van der Waals surface area (Å²) in [5, 5.41) is 0. The maximum Gasteiger partial charge on any atom is 0.345 e. The maximum atomic E-state index is 13.1. The molecule has 2 aliphatic rings. The van der Waals surface area contributed by atoms with Crippen LogP contribution in [0.3, 0.4) is 0 Å². The summed E-state index contributed by atoms with van der Waals surface area (Å²) in [6.45, 7) is 1.25. The molecule has 9 heteroatoms. The number of likely N-dealkylation sites (tertiary alicyclic amines) is 1. The van der Waals surface area contributed by atoms with Gasteiger partial charge < -0.3 is 14.4 Å². The first kappa shape index (κ1) is 20.2. The van der Waals surface area contributed by atoms with Gasteiger partial charge in [-0.15, -0.1) is 4.40 Å². The summed E-state index contributed by atoms with van der Waals surface area (Å²) in [6.07, 6.45) is 5.49. The van der Waals surface area contributed by atoms with Crippen LogP contribution in [-0.2, 0) is 15.0 Å². The van der Waals surface area contributed by atoms with E-state index in [0.717, 1.165) is 30.0 Å². The summed E-state index contributed by atoms with van der Waals surface area (Å²) < 4.78 is 40.7. The monoisotopic (exact) mass is 407 g/mol. The van der Waals surface area contributed by atoms with Crippen molar-refractivity contribution >= 4 is 21.8 Å². The highest BCUT2D eigenvalue weighted by molar-refractivity contribution is 7.88. The molecule has 0 bridgehead atoms. The molecule has 0 saturated carbocycles. The molecule has 0 N–H and O–H groups in total. The SMILES string of the molecule is COc1ccc(OC)c(C2=NS(=O)(=O)N(C)C(C(=O)N3CCCCCC3)=C2)c1. The number of methoxy groups -OCH3 is 2. The fourth-order valence-electron chi connectivity index (χ4n) is 3.33. The third-order valence-electron chi connectivity index (χ3n) is 4.97. The second-order valence-corrected chi connectivity index (χ2v) is 8.35. The highest BCUT2D eigenvalue weighted by Crippen LogP contribution is 2.29. The fraction of sp³-hybridized carbons (Fsp3) is 0.474. The fourth-order valence-corrected chi connectivity index (χ4v) is 4.23. The standard InChI is InChI=1S/C19H25N3O5S/c1-21-17(19(23)22-10-6-4-5-7-11-22)13-16(20-28(21,24)25)15-12-14(26-2)8-9-18(15)27-3/h8-9,12-13H,4-7,10-11H2,1-3H3. The van der Waals surface area contributed by atoms with Crippen LogP contribution < -0.4 is 9.47 Å². The highest BCUT2D eigenvalue weighted by Gasteiger charge is 2.33. The molecule has 1 aromatic carbocycles. The Hall–Kier alpha value is -2.55. The predicted molar refractivity (Wildman–Crippen MR) is 106 cm³/mol. The molecule has 152 valence electrons. The van der Waals surface area contributed by atoms with E-state index in [1.54, 1.807) is 23.1 Å². The molecule has 0 atom stereocenters. The molecule has 0 aromatic heterocycles. The number of hydrogen-bond acceptors (Lipinski definition) is 5. The lowest BCUT2D eigenvalue weighted by molar-refractivity contribution is -0.128. The molecular weight excluding hydrogens is 382 g/mol. The number of ether oxygens (including phenoxy) is 2. The molecule has 2 aliphatic heterocycles. The van der Waals surface area contributed by atoms with Crippen LogP contribution in [0.2, 0.25) is 0 Å². The molecule has 3 rings (SSSR count). The van der Waals surface area contributed by atoms with E-state index in [0.29, 0.717) is 30.2 Å². The Kier molecular flexibility index (Phi) is 5.93. The van der Waals surface area contributed by atoms with Crippen molar-refractivity contribution in [3.05, 3.63) is 35.5 Å². The molecule has 1 saturated heterocycles. The van der Waals surface area contributed by atoms with Crippen molar-refractivity contribution in [1.82, 2.24) is 9.21 Å². The molecule has 2 heterocycles. The predicted octanol–water partition coefficient (Wildman–Crippen LogP) is 1.97. The van der Waals surface area contributed by atoms with E-state index >= 15 is 0 Å². The topological polar surface area (TPSA) is 88.5 Å². The van der Waals surface area contributed by atoms with E-state index in [9.17, 15) is 13.2 Å². The van der Waals surface area contributed by atoms with Gasteiger partial charge in [0.15, 0.2) is 0 Å². The Morgan fingerprint density at radius 1 is 1.07 bits per heavy atom. The zero-order valence-corrected chi connectivity index (χ0v) is 17.2. The summed E-state index contributed by atoms with van der Waals surface area (Å²) >= 11 is 0. The van der Waals surface area contributed by atoms with Crippen LogP contribution >= 0.6 is 0 Å². The molecule has 1 fully saturated rings. The number of allylic oxidation sites excluding steroid dienone is 1. The van der Waals surface area contributed by atoms with E-state index in [2.05, 4.69) is 4.40 Å². The van der Waals surface area contributed by atoms with Gasteiger partial charge in [-0.25, -0.2) is 4.31 Å². The summed E-state index contributed by atoms with van der Waals surface area (Å²) in [5.74, 6) is 0.669. The molecular formula is C19H25N3O5S. The van der Waals surface area contributed by atoms with E-state index in [4.69, 9.17) is 9.47 Å². The third-order valence-corrected chi connectivity index (χ3v) is 6.28. The number of carbonyl (C=O) groups excluding carboxylic acids is 1. The van der Waals surface area contributed by atoms with Gasteiger partial charge in [0, 0.05) is 25.7 Å². The Bertz CT molecular complexity index is 915. The number of hydrogen-bond donors (Lipinski definition) is 0. The molecule has 0 radical (unpaired) electrons. The van der Waals surface area contributed by atoms with Gasteiger partial charge in [0.05, 0.1) is 19.9 Å². The largest absolute Gasteiger partial charge is 0.497 e. The second kappa shape index (κ2) is 8.22. The zero-order chi connectivity index (χ0) is 20.3. The Labute approximate surface area is 165 Å². The van der Waals surface area contributed by atoms with Crippen molar-refractivity contribution in [2.24, 2.45) is 4.40 Å². The van der Waals surface area contributed by atoms with Crippen LogP contribution in [0.25, 0.3) is 0 Å². The van der Waals surface area contributed by atoms with Gasteiger partial charge in [-0.2, -0.15) is 8.42 Å². The van der Waals surface area contributed by atoms with Crippen LogP contribution in [0.15, 0.2) is 34.4 Å². The van der Waals surface area contributed by atoms with Gasteiger partial charge in [-0.05, 0) is 37.1 Å². The van der Waals surface area contributed by atoms with Gasteiger partial charge in [-0.1, -0.05) is 12.8 Å². The Morgan fingerprint density at radius 2 is 1.75 bits per heavy atom. The highest BCUT2D eigenvalue weighted by atomic mass is 32.2. The quantitative estimate of drug-likeness (QED) is 0.761. The summed E-state index contributed by atoms with van der Waals surface area (Å²) in [5.41, 5.74) is 0.670. The van der Waals surface area contributed by atoms with Gasteiger partial charge >= 0.3 is 10.2 Å². The van der Waals surface area contributed by atoms with Gasteiger partial charge in [0.2, 0.25) is 0 Å². The molecule has 0 aliphatic carbocycles. The minimum Gasteiger partial charge on any atom is -0.497 e. The Balaban J connectivity index is 2.06. The lowest BCUT2D eigenvalue weighted by atomic mass is 10.1. The number of likely N-dealkylation sites (N-methyl/N-ethyl adjacent to an activating group) is 1. The second-order valence-electron chi connectivity index (χ2n) is 6.72. The molecule has 1 aromatic rings. The van der Waals surface area contributed by atoms with E-state index in [1.807, 2.05) is 0 Å². The number of benzene rings is 1. The van der Waals surface area contributed by atoms with Crippen molar-refractivity contribution in [2.45, 2.75) is 25.7 Å². The number of rotatable bonds is 4. The summed E-state index contributed by atoms with van der Waals surface area (Å²) in [4.78, 5) is 14.8. The maximum absolute atomic E-state index is 13.1. The van der Waals surface area contributed by atoms with Crippen LogP contribution in [0.1, 0.15) is 31.2 Å². The minimum absolute atomic E-state index is 0.0803. The smallest absolute Gasteiger partial charge is 0.345 e. The summed E-state index contributed by atoms with van der Waals surface area (Å²) in [7, 11) is 0.316. The first-order chi connectivity index (χ1) is 13.4. The van der Waals surface area contributed by atoms with Crippen molar-refractivity contribution < 1.29 is 22.7 Å². The van der Waals surface area contributed by atoms with Crippen molar-refractivity contribution in [1.29, 1.82) is 0 Å². The lowest BCUT2D eigenvalue weighted by Gasteiger charge is -2.28. The minimum atomic E-state index is -4.04. The van der Waals surface area contributed by atoms with Crippen molar-refractivity contribution in [3.8, 4) is 11.5 Å². The average molecular weight is 407 g/mol. The number of amides is 1. The molecule has 8 nitrogen and oxygen atoms in total. The molecule has 1 amide bonds. The number of nitrogens with zero attached hydrogens (tertiary/aromatic N) is 3. The normalized spacial score (nSPS) is 19.4. The van der Waals surface area contributed by atoms with Gasteiger partial charge in [0.1, 0.15) is 17.2 Å². The van der Waals surface area contributed by atoms with E-state index in [-0.39, 0.29) is 17.3 Å². The van der Waals surface area contributed by atoms with Gasteiger partial charge in [0.25, 0.3) is 5.91 Å². The van der Waals surface area contributed by atoms with E-state index in [1.165, 1.54) is 27.3 Å². The van der Waals surface area contributed by atoms with Crippen LogP contribution in [-0.4, -0.2) is 63.6 Å². The van der Waals surface area contributed by atoms with Crippen LogP contribution in [0, 0.1) is 0 Å². The zero-order valence-electron chi connectivity index (χ0n) is 16.3. The van der Waals surface area contributed by atoms with Crippen molar-refractivity contribution in [2.75, 3.05) is 34.4 Å². The molecule has 0 spiro atoms. The van der Waals surface area contributed by atoms with Crippen LogP contribution in [0.5, 0.6) is 11.5 Å². The number of carbonyl (C=O) groups is 1. The molecule has 28 heavy (non-hydrogen) atoms. The summed E-state index contributed by atoms with van der Waals surface area (Å²) in [6, 6.07) is 5.02. The lowest BCUT2D eigenvalue weighted by Crippen LogP contribution is -2.41. The third kappa shape index (κ3) is 3.99.